The quantitative estimate of drug-likeness (QED) is 0.559. The molecule has 0 radical (unpaired) electrons. The van der Waals surface area contributed by atoms with Gasteiger partial charge >= 0.3 is 6.09 Å². The first-order valence-corrected chi connectivity index (χ1v) is 9.80. The first-order valence-electron chi connectivity index (χ1n) is 9.80. The molecule has 7 nitrogen and oxygen atoms in total. The molecule has 0 spiro atoms. The van der Waals surface area contributed by atoms with Gasteiger partial charge in [0.2, 0.25) is 0 Å². The van der Waals surface area contributed by atoms with Crippen LogP contribution >= 0.6 is 0 Å². The summed E-state index contributed by atoms with van der Waals surface area (Å²) in [5.41, 5.74) is 3.42. The SMILES string of the molecule is C=C(OCC)c1nc(-c2cccc(CNC(=O)O)c2)c2ccn(CC3CC3)c2n1. The number of fused-ring (bicyclic) bond motifs is 1. The Kier molecular flexibility index (Phi) is 5.20. The molecular formula is C22H24N4O3. The molecule has 0 unspecified atom stereocenters. The number of hydrogen-bond donors (Lipinski definition) is 2. The van der Waals surface area contributed by atoms with Gasteiger partial charge in [-0.2, -0.15) is 0 Å². The minimum Gasteiger partial charge on any atom is -0.491 e. The van der Waals surface area contributed by atoms with Gasteiger partial charge in [0.1, 0.15) is 5.65 Å². The lowest BCUT2D eigenvalue weighted by atomic mass is 10.1. The summed E-state index contributed by atoms with van der Waals surface area (Å²) in [7, 11) is 0. The van der Waals surface area contributed by atoms with Crippen molar-refractivity contribution < 1.29 is 14.6 Å². The van der Waals surface area contributed by atoms with Gasteiger partial charge < -0.3 is 19.7 Å². The number of benzene rings is 1. The molecule has 7 heteroatoms. The van der Waals surface area contributed by atoms with Crippen molar-refractivity contribution in [2.75, 3.05) is 6.61 Å². The third-order valence-corrected chi connectivity index (χ3v) is 4.98. The van der Waals surface area contributed by atoms with Crippen molar-refractivity contribution in [1.82, 2.24) is 19.9 Å². The fraction of sp³-hybridized carbons (Fsp3) is 0.318. The third kappa shape index (κ3) is 4.23. The van der Waals surface area contributed by atoms with E-state index in [-0.39, 0.29) is 6.54 Å². The maximum Gasteiger partial charge on any atom is 0.404 e. The van der Waals surface area contributed by atoms with E-state index in [1.807, 2.05) is 37.3 Å². The predicted octanol–water partition coefficient (Wildman–Crippen LogP) is 4.28. The van der Waals surface area contributed by atoms with Crippen molar-refractivity contribution in [1.29, 1.82) is 0 Å². The van der Waals surface area contributed by atoms with E-state index in [9.17, 15) is 4.79 Å². The summed E-state index contributed by atoms with van der Waals surface area (Å²) >= 11 is 0. The zero-order valence-corrected chi connectivity index (χ0v) is 16.4. The van der Waals surface area contributed by atoms with Crippen LogP contribution in [0.5, 0.6) is 0 Å². The number of hydrogen-bond acceptors (Lipinski definition) is 4. The van der Waals surface area contributed by atoms with Gasteiger partial charge in [-0.15, -0.1) is 0 Å². The van der Waals surface area contributed by atoms with Crippen molar-refractivity contribution in [3.8, 4) is 11.3 Å². The first kappa shape index (κ1) is 19.0. The Hall–Kier alpha value is -3.35. The van der Waals surface area contributed by atoms with Crippen LogP contribution in [0.3, 0.4) is 0 Å². The third-order valence-electron chi connectivity index (χ3n) is 4.98. The van der Waals surface area contributed by atoms with Gasteiger partial charge in [0.25, 0.3) is 0 Å². The van der Waals surface area contributed by atoms with Crippen LogP contribution in [0, 0.1) is 5.92 Å². The molecule has 2 heterocycles. The Morgan fingerprint density at radius 2 is 2.17 bits per heavy atom. The summed E-state index contributed by atoms with van der Waals surface area (Å²) < 4.78 is 7.74. The lowest BCUT2D eigenvalue weighted by Gasteiger charge is -2.12. The van der Waals surface area contributed by atoms with E-state index in [4.69, 9.17) is 19.8 Å². The molecule has 2 aromatic heterocycles. The Labute approximate surface area is 169 Å². The molecule has 1 aliphatic rings. The van der Waals surface area contributed by atoms with Crippen molar-refractivity contribution >= 4 is 22.9 Å². The van der Waals surface area contributed by atoms with Gasteiger partial charge in [0.15, 0.2) is 11.6 Å². The lowest BCUT2D eigenvalue weighted by molar-refractivity contribution is 0.194. The van der Waals surface area contributed by atoms with E-state index < -0.39 is 6.09 Å². The smallest absolute Gasteiger partial charge is 0.404 e. The van der Waals surface area contributed by atoms with Crippen LogP contribution in [0.15, 0.2) is 43.1 Å². The van der Waals surface area contributed by atoms with Gasteiger partial charge in [-0.05, 0) is 43.4 Å². The molecule has 4 rings (SSSR count). The van der Waals surface area contributed by atoms with E-state index in [1.54, 1.807) is 0 Å². The van der Waals surface area contributed by atoms with Crippen LogP contribution in [0.4, 0.5) is 4.79 Å². The average Bonchev–Trinajstić information content (AvgIpc) is 3.44. The Balaban J connectivity index is 1.79. The lowest BCUT2D eigenvalue weighted by Crippen LogP contribution is -2.19. The molecule has 0 bridgehead atoms. The number of carboxylic acid groups (broad SMARTS) is 1. The van der Waals surface area contributed by atoms with Gasteiger partial charge in [-0.25, -0.2) is 14.8 Å². The van der Waals surface area contributed by atoms with Crippen LogP contribution in [-0.4, -0.2) is 32.3 Å². The number of nitrogens with one attached hydrogen (secondary N) is 1. The fourth-order valence-corrected chi connectivity index (χ4v) is 3.38. The highest BCUT2D eigenvalue weighted by molar-refractivity contribution is 5.92. The highest BCUT2D eigenvalue weighted by Crippen LogP contribution is 2.34. The van der Waals surface area contributed by atoms with Crippen LogP contribution in [0.1, 0.15) is 31.2 Å². The van der Waals surface area contributed by atoms with Crippen LogP contribution in [0.2, 0.25) is 0 Å². The number of nitrogens with zero attached hydrogens (tertiary/aromatic N) is 3. The monoisotopic (exact) mass is 392 g/mol. The first-order chi connectivity index (χ1) is 14.0. The zero-order chi connectivity index (χ0) is 20.4. The number of aromatic nitrogens is 3. The Morgan fingerprint density at radius 3 is 2.90 bits per heavy atom. The second kappa shape index (κ2) is 7.95. The van der Waals surface area contributed by atoms with E-state index in [0.29, 0.717) is 24.1 Å². The molecule has 29 heavy (non-hydrogen) atoms. The molecular weight excluding hydrogens is 368 g/mol. The summed E-state index contributed by atoms with van der Waals surface area (Å²) in [6.07, 6.45) is 3.53. The highest BCUT2D eigenvalue weighted by Gasteiger charge is 2.23. The summed E-state index contributed by atoms with van der Waals surface area (Å²) in [6, 6.07) is 9.75. The standard InChI is InChI=1S/C22H24N4O3/c1-3-29-14(2)20-24-19(17-6-4-5-16(11-17)12-23-22(27)28)18-9-10-26(21(18)25-20)13-15-7-8-15/h4-6,9-11,15,23H,2-3,7-8,12-13H2,1H3,(H,27,28). The maximum atomic E-state index is 10.8. The molecule has 150 valence electrons. The summed E-state index contributed by atoms with van der Waals surface area (Å²) in [5.74, 6) is 1.63. The molecule has 0 saturated heterocycles. The number of carbonyl (C=O) groups is 1. The van der Waals surface area contributed by atoms with Crippen molar-refractivity contribution in [3.63, 3.8) is 0 Å². The summed E-state index contributed by atoms with van der Waals surface area (Å²) in [6.45, 7) is 7.56. The van der Waals surface area contributed by atoms with Crippen LogP contribution < -0.4 is 5.32 Å². The number of ether oxygens (including phenoxy) is 1. The highest BCUT2D eigenvalue weighted by atomic mass is 16.5. The summed E-state index contributed by atoms with van der Waals surface area (Å²) in [5, 5.41) is 12.2. The molecule has 0 aliphatic heterocycles. The number of amides is 1. The number of rotatable bonds is 8. The summed E-state index contributed by atoms with van der Waals surface area (Å²) in [4.78, 5) is 20.3. The molecule has 0 atom stereocenters. The maximum absolute atomic E-state index is 10.8. The Bertz CT molecular complexity index is 1070. The molecule has 3 aromatic rings. The fourth-order valence-electron chi connectivity index (χ4n) is 3.38. The average molecular weight is 392 g/mol. The van der Waals surface area contributed by atoms with E-state index in [2.05, 4.69) is 22.7 Å². The minimum absolute atomic E-state index is 0.235. The minimum atomic E-state index is -1.05. The van der Waals surface area contributed by atoms with Crippen LogP contribution in [-0.2, 0) is 17.8 Å². The van der Waals surface area contributed by atoms with Gasteiger partial charge in [0, 0.05) is 30.2 Å². The largest absolute Gasteiger partial charge is 0.491 e. The predicted molar refractivity (Wildman–Crippen MR) is 111 cm³/mol. The van der Waals surface area contributed by atoms with Gasteiger partial charge in [-0.3, -0.25) is 0 Å². The van der Waals surface area contributed by atoms with E-state index >= 15 is 0 Å². The Morgan fingerprint density at radius 1 is 1.34 bits per heavy atom. The van der Waals surface area contributed by atoms with E-state index in [0.717, 1.165) is 34.4 Å². The van der Waals surface area contributed by atoms with E-state index in [1.165, 1.54) is 12.8 Å². The molecule has 1 amide bonds. The molecule has 1 aliphatic carbocycles. The molecule has 1 saturated carbocycles. The molecule has 1 fully saturated rings. The zero-order valence-electron chi connectivity index (χ0n) is 16.4. The van der Waals surface area contributed by atoms with Gasteiger partial charge in [0.05, 0.1) is 12.3 Å². The van der Waals surface area contributed by atoms with Crippen LogP contribution in [0.25, 0.3) is 28.0 Å². The normalized spacial score (nSPS) is 13.4. The second-order valence-electron chi connectivity index (χ2n) is 7.26. The molecule has 2 N–H and O–H groups in total. The van der Waals surface area contributed by atoms with Crippen molar-refractivity contribution in [3.05, 3.63) is 54.5 Å². The second-order valence-corrected chi connectivity index (χ2v) is 7.26. The van der Waals surface area contributed by atoms with Crippen molar-refractivity contribution in [2.24, 2.45) is 5.92 Å². The topological polar surface area (TPSA) is 89.3 Å². The van der Waals surface area contributed by atoms with Crippen molar-refractivity contribution in [2.45, 2.75) is 32.9 Å². The molecule has 1 aromatic carbocycles. The van der Waals surface area contributed by atoms with Gasteiger partial charge in [-0.1, -0.05) is 24.8 Å².